The van der Waals surface area contributed by atoms with E-state index < -0.39 is 28.0 Å². The van der Waals surface area contributed by atoms with Crippen LogP contribution in [0, 0.1) is 0 Å². The molecule has 0 bridgehead atoms. The lowest BCUT2D eigenvalue weighted by Gasteiger charge is -2.19. The summed E-state index contributed by atoms with van der Waals surface area (Å²) in [6.07, 6.45) is -1.15. The maximum Gasteiger partial charge on any atom is 0.340 e. The zero-order chi connectivity index (χ0) is 17.8. The van der Waals surface area contributed by atoms with Crippen LogP contribution >= 0.6 is 11.6 Å². The predicted molar refractivity (Wildman–Crippen MR) is 85.6 cm³/mol. The quantitative estimate of drug-likeness (QED) is 0.738. The molecule has 1 atom stereocenters. The average molecular weight is 363 g/mol. The summed E-state index contributed by atoms with van der Waals surface area (Å²) in [5.74, 6) is -1.74. The second-order valence-corrected chi connectivity index (χ2v) is 7.03. The van der Waals surface area contributed by atoms with Crippen LogP contribution in [0.2, 0.25) is 5.02 Å². The molecule has 0 radical (unpaired) electrons. The number of nitrogens with zero attached hydrogens (tertiary/aromatic N) is 1. The van der Waals surface area contributed by atoms with Crippen molar-refractivity contribution in [3.8, 4) is 0 Å². The first-order valence-electron chi connectivity index (χ1n) is 6.95. The van der Waals surface area contributed by atoms with Gasteiger partial charge in [-0.2, -0.15) is 4.31 Å². The third-order valence-electron chi connectivity index (χ3n) is 3.19. The van der Waals surface area contributed by atoms with Gasteiger partial charge in [-0.25, -0.2) is 13.2 Å². The van der Waals surface area contributed by atoms with Crippen molar-refractivity contribution in [2.45, 2.75) is 31.8 Å². The summed E-state index contributed by atoms with van der Waals surface area (Å²) >= 11 is 5.93. The molecule has 1 rings (SSSR count). The number of primary amides is 1. The van der Waals surface area contributed by atoms with Crippen LogP contribution in [0.25, 0.3) is 0 Å². The van der Waals surface area contributed by atoms with Gasteiger partial charge in [0.1, 0.15) is 0 Å². The van der Waals surface area contributed by atoms with Gasteiger partial charge in [0, 0.05) is 13.1 Å². The highest BCUT2D eigenvalue weighted by Crippen LogP contribution is 2.24. The summed E-state index contributed by atoms with van der Waals surface area (Å²) in [7, 11) is -3.74. The average Bonchev–Trinajstić information content (AvgIpc) is 2.48. The lowest BCUT2D eigenvalue weighted by atomic mass is 10.2. The number of sulfonamides is 1. The van der Waals surface area contributed by atoms with E-state index in [1.54, 1.807) is 13.8 Å². The summed E-state index contributed by atoms with van der Waals surface area (Å²) in [6, 6.07) is 3.74. The number of carbonyl (C=O) groups is 2. The van der Waals surface area contributed by atoms with Crippen LogP contribution in [0.3, 0.4) is 0 Å². The van der Waals surface area contributed by atoms with E-state index in [0.29, 0.717) is 13.1 Å². The monoisotopic (exact) mass is 362 g/mol. The number of amides is 1. The van der Waals surface area contributed by atoms with E-state index in [0.717, 1.165) is 6.07 Å². The molecule has 0 saturated heterocycles. The Kier molecular flexibility index (Phi) is 6.55. The van der Waals surface area contributed by atoms with E-state index in [1.807, 2.05) is 0 Å². The van der Waals surface area contributed by atoms with Crippen LogP contribution in [0.4, 0.5) is 0 Å². The number of nitrogens with two attached hydrogens (primary N) is 1. The number of halogens is 1. The van der Waals surface area contributed by atoms with Crippen LogP contribution in [0.15, 0.2) is 23.1 Å². The first-order valence-corrected chi connectivity index (χ1v) is 8.76. The topological polar surface area (TPSA) is 107 Å². The third kappa shape index (κ3) is 4.43. The van der Waals surface area contributed by atoms with Crippen LogP contribution in [0.1, 0.15) is 31.1 Å². The van der Waals surface area contributed by atoms with Crippen molar-refractivity contribution in [2.75, 3.05) is 13.1 Å². The van der Waals surface area contributed by atoms with Crippen molar-refractivity contribution >= 4 is 33.5 Å². The molecule has 1 amide bonds. The summed E-state index contributed by atoms with van der Waals surface area (Å²) < 4.78 is 31.0. The van der Waals surface area contributed by atoms with Crippen molar-refractivity contribution in [1.29, 1.82) is 0 Å². The van der Waals surface area contributed by atoms with E-state index >= 15 is 0 Å². The van der Waals surface area contributed by atoms with Gasteiger partial charge in [0.05, 0.1) is 15.5 Å². The molecule has 0 spiro atoms. The minimum atomic E-state index is -3.74. The molecule has 1 aromatic carbocycles. The molecule has 23 heavy (non-hydrogen) atoms. The highest BCUT2D eigenvalue weighted by Gasteiger charge is 2.25. The molecule has 0 aliphatic rings. The Labute approximate surface area is 140 Å². The van der Waals surface area contributed by atoms with Gasteiger partial charge in [-0.1, -0.05) is 25.4 Å². The molecule has 2 N–H and O–H groups in total. The van der Waals surface area contributed by atoms with Crippen molar-refractivity contribution in [1.82, 2.24) is 4.31 Å². The highest BCUT2D eigenvalue weighted by molar-refractivity contribution is 7.89. The van der Waals surface area contributed by atoms with E-state index in [2.05, 4.69) is 0 Å². The molecule has 0 aliphatic carbocycles. The number of rotatable bonds is 7. The maximum absolute atomic E-state index is 12.5. The maximum atomic E-state index is 12.5. The molecule has 7 nitrogen and oxygen atoms in total. The Morgan fingerprint density at radius 1 is 1.30 bits per heavy atom. The van der Waals surface area contributed by atoms with Crippen molar-refractivity contribution in [3.63, 3.8) is 0 Å². The van der Waals surface area contributed by atoms with Crippen LogP contribution < -0.4 is 5.73 Å². The lowest BCUT2D eigenvalue weighted by molar-refractivity contribution is -0.125. The molecule has 0 aromatic heterocycles. The number of ether oxygens (including phenoxy) is 1. The molecule has 128 valence electrons. The van der Waals surface area contributed by atoms with Crippen molar-refractivity contribution in [2.24, 2.45) is 5.73 Å². The zero-order valence-electron chi connectivity index (χ0n) is 13.1. The number of hydrogen-bond donors (Lipinski definition) is 1. The van der Waals surface area contributed by atoms with Gasteiger partial charge in [-0.15, -0.1) is 0 Å². The summed E-state index contributed by atoms with van der Waals surface area (Å²) in [5.41, 5.74) is 4.88. The normalized spacial score (nSPS) is 12.9. The fourth-order valence-electron chi connectivity index (χ4n) is 1.82. The number of carbonyl (C=O) groups excluding carboxylic acids is 2. The molecule has 1 aromatic rings. The van der Waals surface area contributed by atoms with E-state index in [4.69, 9.17) is 22.1 Å². The van der Waals surface area contributed by atoms with Crippen LogP contribution in [0.5, 0.6) is 0 Å². The molecule has 0 heterocycles. The Bertz CT molecular complexity index is 701. The number of benzene rings is 1. The Morgan fingerprint density at radius 2 is 1.87 bits per heavy atom. The Hall–Kier alpha value is -1.64. The van der Waals surface area contributed by atoms with E-state index in [1.165, 1.54) is 23.4 Å². The molecule has 9 heteroatoms. The van der Waals surface area contributed by atoms with Gasteiger partial charge in [-0.3, -0.25) is 4.79 Å². The molecule has 0 unspecified atom stereocenters. The largest absolute Gasteiger partial charge is 0.449 e. The highest BCUT2D eigenvalue weighted by atomic mass is 35.5. The second kappa shape index (κ2) is 7.76. The predicted octanol–water partition coefficient (Wildman–Crippen LogP) is 1.40. The van der Waals surface area contributed by atoms with Gasteiger partial charge in [0.25, 0.3) is 5.91 Å². The summed E-state index contributed by atoms with van der Waals surface area (Å²) in [6.45, 7) is 5.31. The fourth-order valence-corrected chi connectivity index (χ4v) is 3.50. The summed E-state index contributed by atoms with van der Waals surface area (Å²) in [5, 5.41) is 0.0187. The van der Waals surface area contributed by atoms with Crippen LogP contribution in [-0.2, 0) is 19.6 Å². The minimum Gasteiger partial charge on any atom is -0.449 e. The second-order valence-electron chi connectivity index (χ2n) is 4.68. The standard InChI is InChI=1S/C14H19ClN2O5S/c1-4-17(5-2)23(20,21)10-6-7-12(15)11(8-10)14(19)22-9(3)13(16)18/h6-9H,4-5H2,1-3H3,(H2,16,18)/t9-/m1/s1. The Balaban J connectivity index is 3.23. The third-order valence-corrected chi connectivity index (χ3v) is 5.56. The molecule has 0 aliphatic heterocycles. The molecular weight excluding hydrogens is 344 g/mol. The SMILES string of the molecule is CCN(CC)S(=O)(=O)c1ccc(Cl)c(C(=O)O[C@H](C)C(N)=O)c1. The lowest BCUT2D eigenvalue weighted by Crippen LogP contribution is -2.31. The fraction of sp³-hybridized carbons (Fsp3) is 0.429. The smallest absolute Gasteiger partial charge is 0.340 e. The van der Waals surface area contributed by atoms with E-state index in [9.17, 15) is 18.0 Å². The van der Waals surface area contributed by atoms with Gasteiger partial charge >= 0.3 is 5.97 Å². The van der Waals surface area contributed by atoms with Crippen LogP contribution in [-0.4, -0.2) is 43.8 Å². The van der Waals surface area contributed by atoms with Gasteiger partial charge in [0.2, 0.25) is 10.0 Å². The zero-order valence-corrected chi connectivity index (χ0v) is 14.6. The van der Waals surface area contributed by atoms with Crippen molar-refractivity contribution in [3.05, 3.63) is 28.8 Å². The van der Waals surface area contributed by atoms with Gasteiger partial charge < -0.3 is 10.5 Å². The minimum absolute atomic E-state index is 0.0187. The first kappa shape index (κ1) is 19.4. The molecular formula is C14H19ClN2O5S. The first-order chi connectivity index (χ1) is 10.6. The number of hydrogen-bond acceptors (Lipinski definition) is 5. The van der Waals surface area contributed by atoms with E-state index in [-0.39, 0.29) is 15.5 Å². The van der Waals surface area contributed by atoms with Gasteiger partial charge in [-0.05, 0) is 25.1 Å². The molecule has 0 fully saturated rings. The Morgan fingerprint density at radius 3 is 2.35 bits per heavy atom. The van der Waals surface area contributed by atoms with Gasteiger partial charge in [0.15, 0.2) is 6.10 Å². The number of esters is 1. The van der Waals surface area contributed by atoms with Crippen molar-refractivity contribution < 1.29 is 22.7 Å². The summed E-state index contributed by atoms with van der Waals surface area (Å²) in [4.78, 5) is 22.9. The molecule has 0 saturated carbocycles.